The molecule has 0 bridgehead atoms. The van der Waals surface area contributed by atoms with Crippen LogP contribution in [0.15, 0.2) is 18.2 Å². The molecule has 0 aromatic heterocycles. The van der Waals surface area contributed by atoms with Gasteiger partial charge in [0.25, 0.3) is 0 Å². The molecule has 1 aliphatic rings. The van der Waals surface area contributed by atoms with Gasteiger partial charge in [0.15, 0.2) is 0 Å². The summed E-state index contributed by atoms with van der Waals surface area (Å²) in [4.78, 5) is 14.0. The standard InChI is InChI=1S/C17H26N2O3/c1-17(2,3)22-16(20)19-7-5-6-12(11-19)13-8-14(18)10-15(9-13)21-4/h8-10,12H,5-7,11,18H2,1-4H3. The third-order valence-electron chi connectivity index (χ3n) is 3.73. The number of ether oxygens (including phenoxy) is 2. The molecule has 1 aromatic carbocycles. The number of hydrogen-bond donors (Lipinski definition) is 1. The summed E-state index contributed by atoms with van der Waals surface area (Å²) in [5.74, 6) is 1.02. The van der Waals surface area contributed by atoms with Crippen LogP contribution in [-0.4, -0.2) is 36.8 Å². The molecular formula is C17H26N2O3. The Kier molecular flexibility index (Phi) is 4.84. The van der Waals surface area contributed by atoms with Crippen LogP contribution in [0.5, 0.6) is 5.75 Å². The smallest absolute Gasteiger partial charge is 0.410 e. The third kappa shape index (κ3) is 4.29. The normalized spacial score (nSPS) is 18.9. The Morgan fingerprint density at radius 1 is 1.32 bits per heavy atom. The van der Waals surface area contributed by atoms with Gasteiger partial charge in [0.05, 0.1) is 7.11 Å². The van der Waals surface area contributed by atoms with E-state index in [1.54, 1.807) is 18.1 Å². The van der Waals surface area contributed by atoms with Crippen LogP contribution >= 0.6 is 0 Å². The van der Waals surface area contributed by atoms with E-state index >= 15 is 0 Å². The summed E-state index contributed by atoms with van der Waals surface area (Å²) < 4.78 is 10.7. The molecule has 5 nitrogen and oxygen atoms in total. The number of carbonyl (C=O) groups excluding carboxylic acids is 1. The molecule has 1 aromatic rings. The Hall–Kier alpha value is -1.91. The minimum Gasteiger partial charge on any atom is -0.497 e. The summed E-state index contributed by atoms with van der Waals surface area (Å²) in [5, 5.41) is 0. The van der Waals surface area contributed by atoms with E-state index in [1.165, 1.54) is 0 Å². The van der Waals surface area contributed by atoms with Crippen LogP contribution in [0, 0.1) is 0 Å². The van der Waals surface area contributed by atoms with Crippen LogP contribution in [0.4, 0.5) is 10.5 Å². The molecule has 122 valence electrons. The van der Waals surface area contributed by atoms with Gasteiger partial charge in [-0.15, -0.1) is 0 Å². The first-order chi connectivity index (χ1) is 10.3. The maximum Gasteiger partial charge on any atom is 0.410 e. The number of rotatable bonds is 2. The molecule has 1 heterocycles. The van der Waals surface area contributed by atoms with Crippen molar-refractivity contribution in [3.63, 3.8) is 0 Å². The summed E-state index contributed by atoms with van der Waals surface area (Å²) in [7, 11) is 1.63. The second kappa shape index (κ2) is 6.46. The van der Waals surface area contributed by atoms with Crippen molar-refractivity contribution in [3.05, 3.63) is 23.8 Å². The fraction of sp³-hybridized carbons (Fsp3) is 0.588. The number of piperidine rings is 1. The van der Waals surface area contributed by atoms with Gasteiger partial charge in [-0.1, -0.05) is 0 Å². The van der Waals surface area contributed by atoms with E-state index in [1.807, 2.05) is 32.9 Å². The van der Waals surface area contributed by atoms with E-state index in [9.17, 15) is 4.79 Å². The van der Waals surface area contributed by atoms with Crippen LogP contribution in [-0.2, 0) is 4.74 Å². The van der Waals surface area contributed by atoms with Crippen molar-refractivity contribution >= 4 is 11.8 Å². The monoisotopic (exact) mass is 306 g/mol. The zero-order valence-corrected chi connectivity index (χ0v) is 13.9. The molecule has 1 saturated heterocycles. The Balaban J connectivity index is 2.10. The summed E-state index contributed by atoms with van der Waals surface area (Å²) in [6.45, 7) is 7.05. The molecule has 1 fully saturated rings. The molecule has 1 amide bonds. The van der Waals surface area contributed by atoms with Crippen LogP contribution in [0.2, 0.25) is 0 Å². The molecular weight excluding hydrogens is 280 g/mol. The highest BCUT2D eigenvalue weighted by Gasteiger charge is 2.28. The van der Waals surface area contributed by atoms with Gasteiger partial charge in [0.2, 0.25) is 0 Å². The second-order valence-corrected chi connectivity index (χ2v) is 6.81. The Morgan fingerprint density at radius 2 is 2.05 bits per heavy atom. The third-order valence-corrected chi connectivity index (χ3v) is 3.73. The van der Waals surface area contributed by atoms with Gasteiger partial charge >= 0.3 is 6.09 Å². The van der Waals surface area contributed by atoms with Crippen molar-refractivity contribution < 1.29 is 14.3 Å². The minimum atomic E-state index is -0.468. The number of nitrogens with two attached hydrogens (primary N) is 1. The molecule has 2 N–H and O–H groups in total. The lowest BCUT2D eigenvalue weighted by atomic mass is 9.90. The number of carbonyl (C=O) groups is 1. The molecule has 1 unspecified atom stereocenters. The lowest BCUT2D eigenvalue weighted by Gasteiger charge is -2.34. The van der Waals surface area contributed by atoms with Gasteiger partial charge in [-0.3, -0.25) is 0 Å². The predicted octanol–water partition coefficient (Wildman–Crippen LogP) is 3.39. The van der Waals surface area contributed by atoms with Crippen LogP contribution < -0.4 is 10.5 Å². The Bertz CT molecular complexity index is 537. The van der Waals surface area contributed by atoms with Crippen LogP contribution in [0.3, 0.4) is 0 Å². The number of anilines is 1. The van der Waals surface area contributed by atoms with Gasteiger partial charge in [-0.2, -0.15) is 0 Å². The van der Waals surface area contributed by atoms with Gasteiger partial charge in [-0.25, -0.2) is 4.79 Å². The minimum absolute atomic E-state index is 0.243. The molecule has 0 radical (unpaired) electrons. The lowest BCUT2D eigenvalue weighted by molar-refractivity contribution is 0.0198. The van der Waals surface area contributed by atoms with Crippen molar-refractivity contribution in [3.8, 4) is 5.75 Å². The van der Waals surface area contributed by atoms with Crippen molar-refractivity contribution in [1.82, 2.24) is 4.90 Å². The van der Waals surface area contributed by atoms with Crippen molar-refractivity contribution in [2.75, 3.05) is 25.9 Å². The topological polar surface area (TPSA) is 64.8 Å². The van der Waals surface area contributed by atoms with E-state index in [4.69, 9.17) is 15.2 Å². The zero-order valence-electron chi connectivity index (χ0n) is 13.9. The maximum atomic E-state index is 12.2. The highest BCUT2D eigenvalue weighted by molar-refractivity contribution is 5.68. The van der Waals surface area contributed by atoms with Gasteiger partial charge in [0.1, 0.15) is 11.4 Å². The van der Waals surface area contributed by atoms with Gasteiger partial charge < -0.3 is 20.1 Å². The van der Waals surface area contributed by atoms with Gasteiger partial charge in [-0.05, 0) is 51.3 Å². The highest BCUT2D eigenvalue weighted by atomic mass is 16.6. The Morgan fingerprint density at radius 3 is 2.68 bits per heavy atom. The summed E-state index contributed by atoms with van der Waals surface area (Å²) >= 11 is 0. The second-order valence-electron chi connectivity index (χ2n) is 6.81. The van der Waals surface area contributed by atoms with Crippen molar-refractivity contribution in [2.45, 2.75) is 45.1 Å². The molecule has 5 heteroatoms. The first-order valence-corrected chi connectivity index (χ1v) is 7.71. The number of nitrogen functional groups attached to an aromatic ring is 1. The molecule has 1 atom stereocenters. The number of amides is 1. The largest absolute Gasteiger partial charge is 0.497 e. The lowest BCUT2D eigenvalue weighted by Crippen LogP contribution is -2.42. The maximum absolute atomic E-state index is 12.2. The van der Waals surface area contributed by atoms with E-state index in [0.29, 0.717) is 12.2 Å². The quantitative estimate of drug-likeness (QED) is 0.851. The fourth-order valence-corrected chi connectivity index (χ4v) is 2.74. The van der Waals surface area contributed by atoms with E-state index in [0.717, 1.165) is 30.7 Å². The highest BCUT2D eigenvalue weighted by Crippen LogP contribution is 2.31. The average Bonchev–Trinajstić information content (AvgIpc) is 2.45. The van der Waals surface area contributed by atoms with Crippen molar-refractivity contribution in [2.24, 2.45) is 0 Å². The fourth-order valence-electron chi connectivity index (χ4n) is 2.74. The first-order valence-electron chi connectivity index (χ1n) is 7.71. The average molecular weight is 306 g/mol. The molecule has 0 aliphatic carbocycles. The Labute approximate surface area is 132 Å². The van der Waals surface area contributed by atoms with Crippen LogP contribution in [0.1, 0.15) is 45.1 Å². The number of benzene rings is 1. The summed E-state index contributed by atoms with van der Waals surface area (Å²) in [6, 6.07) is 5.77. The summed E-state index contributed by atoms with van der Waals surface area (Å²) in [6.07, 6.45) is 1.75. The zero-order chi connectivity index (χ0) is 16.3. The number of methoxy groups -OCH3 is 1. The molecule has 2 rings (SSSR count). The molecule has 1 aliphatic heterocycles. The SMILES string of the molecule is COc1cc(N)cc(C2CCCN(C(=O)OC(C)(C)C)C2)c1. The number of likely N-dealkylation sites (tertiary alicyclic amines) is 1. The predicted molar refractivity (Wildman–Crippen MR) is 87.2 cm³/mol. The van der Waals surface area contributed by atoms with E-state index in [-0.39, 0.29) is 12.0 Å². The molecule has 0 saturated carbocycles. The number of nitrogens with zero attached hydrogens (tertiary/aromatic N) is 1. The summed E-state index contributed by atoms with van der Waals surface area (Å²) in [5.41, 5.74) is 7.27. The van der Waals surface area contributed by atoms with Crippen molar-refractivity contribution in [1.29, 1.82) is 0 Å². The first kappa shape index (κ1) is 16.5. The van der Waals surface area contributed by atoms with Gasteiger partial charge in [0, 0.05) is 30.8 Å². The van der Waals surface area contributed by atoms with E-state index < -0.39 is 5.60 Å². The molecule has 0 spiro atoms. The van der Waals surface area contributed by atoms with E-state index in [2.05, 4.69) is 0 Å². The van der Waals surface area contributed by atoms with Crippen LogP contribution in [0.25, 0.3) is 0 Å². The number of hydrogen-bond acceptors (Lipinski definition) is 4. The molecule has 22 heavy (non-hydrogen) atoms.